The molecule has 0 saturated carbocycles. The van der Waals surface area contributed by atoms with E-state index in [2.05, 4.69) is 4.98 Å². The molecule has 6 rings (SSSR count). The van der Waals surface area contributed by atoms with Crippen LogP contribution in [0.2, 0.25) is 5.02 Å². The quantitative estimate of drug-likeness (QED) is 0.418. The van der Waals surface area contributed by atoms with Crippen molar-refractivity contribution in [2.24, 2.45) is 5.92 Å². The molecule has 0 spiro atoms. The lowest BCUT2D eigenvalue weighted by Gasteiger charge is -2.31. The molecule has 4 heterocycles. The maximum atomic E-state index is 14.0. The predicted molar refractivity (Wildman–Crippen MR) is 148 cm³/mol. The molecule has 220 valence electrons. The molecule has 0 radical (unpaired) electrons. The van der Waals surface area contributed by atoms with Crippen LogP contribution < -0.4 is 14.5 Å². The monoisotopic (exact) mass is 639 g/mol. The van der Waals surface area contributed by atoms with Gasteiger partial charge in [0.25, 0.3) is 5.91 Å². The van der Waals surface area contributed by atoms with Crippen molar-refractivity contribution in [2.45, 2.75) is 22.4 Å². The Morgan fingerprint density at radius 1 is 1.10 bits per heavy atom. The number of hydrogen-bond acceptors (Lipinski definition) is 8. The van der Waals surface area contributed by atoms with Gasteiger partial charge >= 0.3 is 11.0 Å². The van der Waals surface area contributed by atoms with Gasteiger partial charge in [0, 0.05) is 34.5 Å². The number of imide groups is 1. The number of nitrogens with one attached hydrogen (secondary N) is 1. The molecule has 3 aliphatic rings. The molecule has 3 amide bonds. The van der Waals surface area contributed by atoms with E-state index < -0.39 is 45.5 Å². The highest BCUT2D eigenvalue weighted by atomic mass is 35.5. The molecular formula is C27H21ClF3N3O6S2. The van der Waals surface area contributed by atoms with Crippen LogP contribution in [0.3, 0.4) is 0 Å². The third-order valence-electron chi connectivity index (χ3n) is 7.28. The van der Waals surface area contributed by atoms with Crippen LogP contribution in [0.5, 0.6) is 5.75 Å². The van der Waals surface area contributed by atoms with E-state index in [0.717, 1.165) is 46.2 Å². The maximum absolute atomic E-state index is 14.0. The minimum atomic E-state index is -4.68. The van der Waals surface area contributed by atoms with E-state index in [9.17, 15) is 32.3 Å². The van der Waals surface area contributed by atoms with Crippen LogP contribution in [0.25, 0.3) is 0 Å². The summed E-state index contributed by atoms with van der Waals surface area (Å²) in [7, 11) is 0. The first-order valence-corrected chi connectivity index (χ1v) is 14.8. The molecule has 3 unspecified atom stereocenters. The lowest BCUT2D eigenvalue weighted by Crippen LogP contribution is -2.43. The third kappa shape index (κ3) is 5.21. The average Bonchev–Trinajstić information content (AvgIpc) is 3.46. The number of benzene rings is 2. The van der Waals surface area contributed by atoms with Crippen molar-refractivity contribution in [3.8, 4) is 5.75 Å². The molecular weight excluding hydrogens is 619 g/mol. The van der Waals surface area contributed by atoms with Gasteiger partial charge in [-0.05, 0) is 36.4 Å². The number of nitrogens with zero attached hydrogens (tertiary/aromatic N) is 2. The van der Waals surface area contributed by atoms with Crippen molar-refractivity contribution >= 4 is 58.1 Å². The molecule has 3 atom stereocenters. The highest BCUT2D eigenvalue weighted by Crippen LogP contribution is 2.55. The second kappa shape index (κ2) is 11.1. The average molecular weight is 640 g/mol. The first-order chi connectivity index (χ1) is 20.0. The fourth-order valence-electron chi connectivity index (χ4n) is 5.37. The van der Waals surface area contributed by atoms with E-state index in [0.29, 0.717) is 41.8 Å². The molecule has 3 aliphatic heterocycles. The van der Waals surface area contributed by atoms with Crippen molar-refractivity contribution in [3.05, 3.63) is 73.2 Å². The fraction of sp³-hybridized carbons (Fsp3) is 0.333. The van der Waals surface area contributed by atoms with E-state index in [1.165, 1.54) is 6.07 Å². The van der Waals surface area contributed by atoms with Crippen molar-refractivity contribution in [3.63, 3.8) is 0 Å². The Bertz CT molecular complexity index is 1640. The Labute approximate surface area is 249 Å². The van der Waals surface area contributed by atoms with Gasteiger partial charge in [-0.15, -0.1) is 0 Å². The number of hydrogen-bond donors (Lipinski definition) is 1. The van der Waals surface area contributed by atoms with Crippen LogP contribution in [-0.4, -0.2) is 65.8 Å². The number of amides is 3. The summed E-state index contributed by atoms with van der Waals surface area (Å²) < 4.78 is 51.6. The molecule has 0 aliphatic carbocycles. The van der Waals surface area contributed by atoms with Crippen molar-refractivity contribution < 1.29 is 37.0 Å². The van der Waals surface area contributed by atoms with E-state index in [1.807, 2.05) is 0 Å². The van der Waals surface area contributed by atoms with Crippen molar-refractivity contribution in [1.82, 2.24) is 9.88 Å². The van der Waals surface area contributed by atoms with Crippen molar-refractivity contribution in [1.29, 1.82) is 0 Å². The number of H-pyrrole nitrogens is 1. The van der Waals surface area contributed by atoms with Crippen LogP contribution in [0.15, 0.2) is 52.3 Å². The van der Waals surface area contributed by atoms with Gasteiger partial charge in [-0.2, -0.15) is 13.2 Å². The van der Waals surface area contributed by atoms with Crippen molar-refractivity contribution in [2.75, 3.05) is 37.8 Å². The second-order valence-electron chi connectivity index (χ2n) is 9.77. The summed E-state index contributed by atoms with van der Waals surface area (Å²) in [5.74, 6) is -3.47. The number of carbonyl (C=O) groups excluding carboxylic acids is 3. The number of alkyl halides is 3. The lowest BCUT2D eigenvalue weighted by molar-refractivity contribution is -0.138. The summed E-state index contributed by atoms with van der Waals surface area (Å²) in [6.45, 7) is 1.34. The summed E-state index contributed by atoms with van der Waals surface area (Å²) in [4.78, 5) is 58.0. The number of carbonyl (C=O) groups is 3. The molecule has 9 nitrogen and oxygen atoms in total. The molecule has 0 bridgehead atoms. The Morgan fingerprint density at radius 3 is 2.60 bits per heavy atom. The summed E-state index contributed by atoms with van der Waals surface area (Å²) in [5.41, 5.74) is -0.834. The second-order valence-corrected chi connectivity index (χ2v) is 12.4. The summed E-state index contributed by atoms with van der Waals surface area (Å²) >= 11 is 8.21. The van der Waals surface area contributed by atoms with E-state index in [-0.39, 0.29) is 29.0 Å². The zero-order chi connectivity index (χ0) is 29.8. The Kier molecular flexibility index (Phi) is 7.58. The minimum Gasteiger partial charge on any atom is -0.483 e. The number of aromatic amines is 1. The van der Waals surface area contributed by atoms with Gasteiger partial charge in [0.2, 0.25) is 11.8 Å². The molecule has 42 heavy (non-hydrogen) atoms. The highest BCUT2D eigenvalue weighted by molar-refractivity contribution is 8.00. The number of thiazole rings is 1. The third-order valence-corrected chi connectivity index (χ3v) is 9.91. The number of rotatable bonds is 5. The van der Waals surface area contributed by atoms with E-state index >= 15 is 0 Å². The van der Waals surface area contributed by atoms with Crippen LogP contribution >= 0.6 is 34.7 Å². The first kappa shape index (κ1) is 28.8. The number of halogens is 4. The molecule has 1 N–H and O–H groups in total. The number of aromatic nitrogens is 1. The number of morpholine rings is 1. The SMILES string of the molecule is O=C(COc1ccc(Cl)cc1C1c2sc(=O)[nH]c2SC2C(=O)N(c3cccc(C(F)(F)F)c3)C(=O)C21)N1CCOCC1. The molecule has 2 aromatic carbocycles. The standard InChI is InChI=1S/C27H21ClF3N3O6S2/c28-14-4-5-17(40-12-18(35)33-6-8-39-9-7-33)16(11-14)19-20-22(41-23-21(19)42-26(38)32-23)25(37)34(24(20)36)15-3-1-2-13(10-15)27(29,30)31/h1-5,10-11,19-20,22H,6-9,12H2,(H,32,38). The zero-order valence-electron chi connectivity index (χ0n) is 21.5. The number of ether oxygens (including phenoxy) is 2. The van der Waals surface area contributed by atoms with Gasteiger partial charge in [-0.25, -0.2) is 4.90 Å². The van der Waals surface area contributed by atoms with Crippen LogP contribution in [0, 0.1) is 5.92 Å². The van der Waals surface area contributed by atoms with Gasteiger partial charge in [-0.1, -0.05) is 40.8 Å². The molecule has 1 aromatic heterocycles. The number of anilines is 1. The number of fused-ring (bicyclic) bond motifs is 2. The maximum Gasteiger partial charge on any atom is 0.416 e. The van der Waals surface area contributed by atoms with Gasteiger partial charge < -0.3 is 19.4 Å². The Morgan fingerprint density at radius 2 is 1.86 bits per heavy atom. The summed E-state index contributed by atoms with van der Waals surface area (Å²) in [6.07, 6.45) is -4.68. The smallest absolute Gasteiger partial charge is 0.416 e. The minimum absolute atomic E-state index is 0.205. The van der Waals surface area contributed by atoms with Gasteiger partial charge in [0.1, 0.15) is 11.0 Å². The first-order valence-electron chi connectivity index (χ1n) is 12.8. The predicted octanol–water partition coefficient (Wildman–Crippen LogP) is 4.14. The summed E-state index contributed by atoms with van der Waals surface area (Å²) in [6, 6.07) is 8.66. The van der Waals surface area contributed by atoms with Crippen LogP contribution in [-0.2, 0) is 25.3 Å². The lowest BCUT2D eigenvalue weighted by atomic mass is 9.82. The Hall–Kier alpha value is -3.33. The van der Waals surface area contributed by atoms with E-state index in [4.69, 9.17) is 21.1 Å². The fourth-order valence-corrected chi connectivity index (χ4v) is 8.05. The normalized spacial score (nSPS) is 22.2. The highest BCUT2D eigenvalue weighted by Gasteiger charge is 2.57. The Balaban J connectivity index is 1.39. The topological polar surface area (TPSA) is 109 Å². The molecule has 2 saturated heterocycles. The summed E-state index contributed by atoms with van der Waals surface area (Å²) in [5, 5.41) is -0.391. The van der Waals surface area contributed by atoms with Gasteiger partial charge in [-0.3, -0.25) is 19.2 Å². The molecule has 2 fully saturated rings. The zero-order valence-corrected chi connectivity index (χ0v) is 23.9. The van der Waals surface area contributed by atoms with Crippen LogP contribution in [0.4, 0.5) is 18.9 Å². The van der Waals surface area contributed by atoms with E-state index in [1.54, 1.807) is 23.1 Å². The molecule has 3 aromatic rings. The van der Waals surface area contributed by atoms with Gasteiger partial charge in [0.05, 0.1) is 35.4 Å². The molecule has 15 heteroatoms. The number of thioether (sulfide) groups is 1. The van der Waals surface area contributed by atoms with Gasteiger partial charge in [0.15, 0.2) is 6.61 Å². The largest absolute Gasteiger partial charge is 0.483 e. The van der Waals surface area contributed by atoms with Crippen LogP contribution in [0.1, 0.15) is 21.9 Å².